The first-order valence-electron chi connectivity index (χ1n) is 8.97. The van der Waals surface area contributed by atoms with Crippen LogP contribution >= 0.6 is 11.6 Å². The van der Waals surface area contributed by atoms with Crippen molar-refractivity contribution in [2.45, 2.75) is 0 Å². The number of halogens is 1. The summed E-state index contributed by atoms with van der Waals surface area (Å²) in [4.78, 5) is 6.65. The SMILES string of the molecule is COCCNc1ccc(-c2cc3nc(Cl)cc(N4CCOCC4)n3n2)cc1. The van der Waals surface area contributed by atoms with E-state index >= 15 is 0 Å². The molecule has 1 aliphatic rings. The van der Waals surface area contributed by atoms with Gasteiger partial charge in [0, 0.05) is 50.1 Å². The molecular formula is C19H22ClN5O2. The van der Waals surface area contributed by atoms with E-state index in [1.807, 2.05) is 40.9 Å². The molecule has 4 rings (SSSR count). The summed E-state index contributed by atoms with van der Waals surface area (Å²) in [7, 11) is 1.69. The molecule has 1 aliphatic heterocycles. The Kier molecular flexibility index (Phi) is 5.42. The van der Waals surface area contributed by atoms with Gasteiger partial charge in [-0.1, -0.05) is 23.7 Å². The van der Waals surface area contributed by atoms with Crippen molar-refractivity contribution in [3.8, 4) is 11.3 Å². The van der Waals surface area contributed by atoms with E-state index in [9.17, 15) is 0 Å². The number of rotatable bonds is 6. The van der Waals surface area contributed by atoms with E-state index in [2.05, 4.69) is 15.2 Å². The molecule has 27 heavy (non-hydrogen) atoms. The third-order valence-corrected chi connectivity index (χ3v) is 4.72. The van der Waals surface area contributed by atoms with Gasteiger partial charge in [0.05, 0.1) is 25.5 Å². The van der Waals surface area contributed by atoms with E-state index in [-0.39, 0.29) is 0 Å². The molecular weight excluding hydrogens is 366 g/mol. The van der Waals surface area contributed by atoms with Crippen LogP contribution in [-0.2, 0) is 9.47 Å². The molecule has 0 bridgehead atoms. The van der Waals surface area contributed by atoms with Crippen LogP contribution < -0.4 is 10.2 Å². The monoisotopic (exact) mass is 387 g/mol. The predicted octanol–water partition coefficient (Wildman–Crippen LogP) is 2.94. The van der Waals surface area contributed by atoms with Gasteiger partial charge in [-0.3, -0.25) is 0 Å². The van der Waals surface area contributed by atoms with Gasteiger partial charge in [0.1, 0.15) is 11.0 Å². The normalized spacial score (nSPS) is 14.7. The van der Waals surface area contributed by atoms with Crippen LogP contribution in [-0.4, -0.2) is 61.2 Å². The summed E-state index contributed by atoms with van der Waals surface area (Å²) >= 11 is 6.25. The molecule has 8 heteroatoms. The van der Waals surface area contributed by atoms with Crippen molar-refractivity contribution < 1.29 is 9.47 Å². The molecule has 3 heterocycles. The minimum atomic E-state index is 0.466. The molecule has 3 aromatic rings. The zero-order chi connectivity index (χ0) is 18.6. The summed E-state index contributed by atoms with van der Waals surface area (Å²) in [6, 6.07) is 12.0. The summed E-state index contributed by atoms with van der Waals surface area (Å²) in [6.45, 7) is 4.47. The molecule has 0 amide bonds. The number of hydrogen-bond acceptors (Lipinski definition) is 6. The number of aromatic nitrogens is 3. The van der Waals surface area contributed by atoms with Crippen LogP contribution in [0.3, 0.4) is 0 Å². The number of benzene rings is 1. The van der Waals surface area contributed by atoms with Gasteiger partial charge >= 0.3 is 0 Å². The fourth-order valence-electron chi connectivity index (χ4n) is 3.14. The molecule has 1 saturated heterocycles. The van der Waals surface area contributed by atoms with E-state index < -0.39 is 0 Å². The van der Waals surface area contributed by atoms with E-state index in [1.165, 1.54) is 0 Å². The molecule has 0 aliphatic carbocycles. The Morgan fingerprint density at radius 1 is 1.19 bits per heavy atom. The molecule has 2 aromatic heterocycles. The van der Waals surface area contributed by atoms with Crippen LogP contribution in [0.25, 0.3) is 16.9 Å². The maximum Gasteiger partial charge on any atom is 0.159 e. The van der Waals surface area contributed by atoms with Crippen LogP contribution in [0.1, 0.15) is 0 Å². The molecule has 142 valence electrons. The molecule has 0 saturated carbocycles. The first kappa shape index (κ1) is 18.0. The van der Waals surface area contributed by atoms with Crippen LogP contribution in [0.15, 0.2) is 36.4 Å². The minimum Gasteiger partial charge on any atom is -0.383 e. The van der Waals surface area contributed by atoms with Gasteiger partial charge in [-0.15, -0.1) is 0 Å². The third-order valence-electron chi connectivity index (χ3n) is 4.53. The number of hydrogen-bond donors (Lipinski definition) is 1. The zero-order valence-corrected chi connectivity index (χ0v) is 15.9. The number of morpholine rings is 1. The minimum absolute atomic E-state index is 0.466. The van der Waals surface area contributed by atoms with Gasteiger partial charge in [-0.25, -0.2) is 4.98 Å². The molecule has 1 aromatic carbocycles. The Morgan fingerprint density at radius 3 is 2.70 bits per heavy atom. The van der Waals surface area contributed by atoms with Crippen LogP contribution in [0.5, 0.6) is 0 Å². The molecule has 0 atom stereocenters. The van der Waals surface area contributed by atoms with Gasteiger partial charge in [-0.05, 0) is 12.1 Å². The number of ether oxygens (including phenoxy) is 2. The average molecular weight is 388 g/mol. The molecule has 0 unspecified atom stereocenters. The number of methoxy groups -OCH3 is 1. The summed E-state index contributed by atoms with van der Waals surface area (Å²) in [6.07, 6.45) is 0. The van der Waals surface area contributed by atoms with Crippen LogP contribution in [0.4, 0.5) is 11.5 Å². The Bertz CT molecular complexity index is 906. The highest BCUT2D eigenvalue weighted by Crippen LogP contribution is 2.26. The number of nitrogens with one attached hydrogen (secondary N) is 1. The third kappa shape index (κ3) is 4.00. The summed E-state index contributed by atoms with van der Waals surface area (Å²) in [5, 5.41) is 8.55. The van der Waals surface area contributed by atoms with Crippen molar-refractivity contribution in [1.82, 2.24) is 14.6 Å². The fraction of sp³-hybridized carbons (Fsp3) is 0.368. The highest BCUT2D eigenvalue weighted by Gasteiger charge is 2.17. The Labute approximate surface area is 162 Å². The standard InChI is InChI=1S/C19H22ClN5O2/c1-26-9-6-21-15-4-2-14(3-5-15)16-12-18-22-17(20)13-19(25(18)23-16)24-7-10-27-11-8-24/h2-5,12-13,21H,6-11H2,1H3. The molecule has 0 radical (unpaired) electrons. The van der Waals surface area contributed by atoms with Crippen LogP contribution in [0, 0.1) is 0 Å². The number of nitrogens with zero attached hydrogens (tertiary/aromatic N) is 4. The van der Waals surface area contributed by atoms with Gasteiger partial charge in [-0.2, -0.15) is 9.61 Å². The van der Waals surface area contributed by atoms with E-state index in [0.717, 1.165) is 48.0 Å². The van der Waals surface area contributed by atoms with Crippen molar-refractivity contribution in [3.63, 3.8) is 0 Å². The lowest BCUT2D eigenvalue weighted by atomic mass is 10.1. The van der Waals surface area contributed by atoms with Crippen molar-refractivity contribution >= 4 is 28.8 Å². The van der Waals surface area contributed by atoms with Gasteiger partial charge in [0.2, 0.25) is 0 Å². The maximum absolute atomic E-state index is 6.25. The number of anilines is 2. The topological polar surface area (TPSA) is 63.9 Å². The summed E-state index contributed by atoms with van der Waals surface area (Å²) in [5.74, 6) is 0.942. The second-order valence-electron chi connectivity index (χ2n) is 6.33. The quantitative estimate of drug-likeness (QED) is 0.518. The summed E-state index contributed by atoms with van der Waals surface area (Å²) < 4.78 is 12.4. The predicted molar refractivity (Wildman–Crippen MR) is 107 cm³/mol. The van der Waals surface area contributed by atoms with Crippen molar-refractivity contribution in [1.29, 1.82) is 0 Å². The highest BCUT2D eigenvalue weighted by atomic mass is 35.5. The fourth-order valence-corrected chi connectivity index (χ4v) is 3.33. The second kappa shape index (κ2) is 8.12. The lowest BCUT2D eigenvalue weighted by molar-refractivity contribution is 0.122. The zero-order valence-electron chi connectivity index (χ0n) is 15.2. The maximum atomic E-state index is 6.25. The first-order valence-corrected chi connectivity index (χ1v) is 9.34. The van der Waals surface area contributed by atoms with E-state index in [4.69, 9.17) is 26.2 Å². The van der Waals surface area contributed by atoms with Crippen molar-refractivity contribution in [2.75, 3.05) is 56.8 Å². The highest BCUT2D eigenvalue weighted by molar-refractivity contribution is 6.29. The average Bonchev–Trinajstić information content (AvgIpc) is 3.12. The first-order chi connectivity index (χ1) is 13.2. The van der Waals surface area contributed by atoms with Crippen molar-refractivity contribution in [3.05, 3.63) is 41.6 Å². The van der Waals surface area contributed by atoms with Gasteiger partial charge in [0.15, 0.2) is 5.65 Å². The van der Waals surface area contributed by atoms with Crippen molar-refractivity contribution in [2.24, 2.45) is 0 Å². The molecule has 1 N–H and O–H groups in total. The molecule has 1 fully saturated rings. The summed E-state index contributed by atoms with van der Waals surface area (Å²) in [5.41, 5.74) is 3.68. The molecule has 0 spiro atoms. The van der Waals surface area contributed by atoms with Gasteiger partial charge < -0.3 is 19.7 Å². The Morgan fingerprint density at radius 2 is 1.96 bits per heavy atom. The Hall–Kier alpha value is -2.35. The van der Waals surface area contributed by atoms with Gasteiger partial charge in [0.25, 0.3) is 0 Å². The Balaban J connectivity index is 1.63. The lowest BCUT2D eigenvalue weighted by Gasteiger charge is -2.28. The lowest BCUT2D eigenvalue weighted by Crippen LogP contribution is -2.37. The number of fused-ring (bicyclic) bond motifs is 1. The van der Waals surface area contributed by atoms with E-state index in [1.54, 1.807) is 7.11 Å². The second-order valence-corrected chi connectivity index (χ2v) is 6.72. The van der Waals surface area contributed by atoms with Crippen LogP contribution in [0.2, 0.25) is 5.15 Å². The smallest absolute Gasteiger partial charge is 0.159 e. The largest absolute Gasteiger partial charge is 0.383 e. The molecule has 7 nitrogen and oxygen atoms in total. The van der Waals surface area contributed by atoms with E-state index in [0.29, 0.717) is 25.0 Å².